The summed E-state index contributed by atoms with van der Waals surface area (Å²) in [6.45, 7) is 5.08. The number of imide groups is 1. The number of anilines is 1. The van der Waals surface area contributed by atoms with Crippen molar-refractivity contribution in [2.24, 2.45) is 5.92 Å². The van der Waals surface area contributed by atoms with Crippen LogP contribution >= 0.6 is 12.2 Å². The molecule has 3 amide bonds. The summed E-state index contributed by atoms with van der Waals surface area (Å²) < 4.78 is 10.3. The lowest BCUT2D eigenvalue weighted by Crippen LogP contribution is -2.56. The third-order valence-corrected chi connectivity index (χ3v) is 6.58. The van der Waals surface area contributed by atoms with Crippen molar-refractivity contribution in [2.45, 2.75) is 37.8 Å². The van der Waals surface area contributed by atoms with Crippen LogP contribution in [0.2, 0.25) is 0 Å². The van der Waals surface area contributed by atoms with Gasteiger partial charge in [-0.1, -0.05) is 30.4 Å². The molecule has 3 heterocycles. The molecule has 10 heteroatoms. The highest BCUT2D eigenvalue weighted by molar-refractivity contribution is 7.80. The van der Waals surface area contributed by atoms with E-state index in [0.717, 1.165) is 4.90 Å². The van der Waals surface area contributed by atoms with Crippen molar-refractivity contribution in [3.05, 3.63) is 29.8 Å². The monoisotopic (exact) mass is 445 g/mol. The summed E-state index contributed by atoms with van der Waals surface area (Å²) in [7, 11) is 1.59. The minimum atomic E-state index is -1.60. The molecule has 0 radical (unpaired) electrons. The topological polar surface area (TPSA) is 105 Å². The molecule has 1 aromatic carbocycles. The average Bonchev–Trinajstić information content (AvgIpc) is 3.27. The fourth-order valence-electron chi connectivity index (χ4n) is 4.73. The van der Waals surface area contributed by atoms with Crippen LogP contribution in [0.1, 0.15) is 26.3 Å². The first-order valence-electron chi connectivity index (χ1n) is 9.95. The Kier molecular flexibility index (Phi) is 4.80. The van der Waals surface area contributed by atoms with E-state index in [9.17, 15) is 19.2 Å². The maximum atomic E-state index is 13.6. The largest absolute Gasteiger partial charge is 0.466 e. The van der Waals surface area contributed by atoms with E-state index in [1.54, 1.807) is 52.1 Å². The van der Waals surface area contributed by atoms with Crippen molar-refractivity contribution in [2.75, 3.05) is 25.2 Å². The summed E-state index contributed by atoms with van der Waals surface area (Å²) in [4.78, 5) is 55.1. The number of para-hydroxylation sites is 1. The molecule has 2 fully saturated rings. The lowest BCUT2D eigenvalue weighted by atomic mass is 9.70. The summed E-state index contributed by atoms with van der Waals surface area (Å²) in [5.41, 5.74) is -1.39. The number of amides is 3. The van der Waals surface area contributed by atoms with E-state index in [1.807, 2.05) is 0 Å². The average molecular weight is 445 g/mol. The third kappa shape index (κ3) is 2.70. The molecule has 3 aliphatic heterocycles. The number of fused-ring (bicyclic) bond motifs is 2. The standard InChI is InChI=1S/C21H23N3O6S/c1-5-29-16(26)13-14(15(25)24-19(28)30-10-20(24,2)3)22-17(31)21(13)11-8-6-7-9-12(11)23(4)18(21)27/h6-9,13-14H,5,10H2,1-4H3,(H,22,31)/t13-,14-,21-/m1/s1. The molecule has 164 valence electrons. The number of benzene rings is 1. The molecule has 0 bridgehead atoms. The second-order valence-electron chi connectivity index (χ2n) is 8.41. The fourth-order valence-corrected chi connectivity index (χ4v) is 5.18. The Balaban J connectivity index is 1.88. The van der Waals surface area contributed by atoms with Gasteiger partial charge in [0.15, 0.2) is 0 Å². The summed E-state index contributed by atoms with van der Waals surface area (Å²) in [5, 5.41) is 2.89. The second-order valence-corrected chi connectivity index (χ2v) is 8.82. The van der Waals surface area contributed by atoms with Crippen LogP contribution in [0.25, 0.3) is 0 Å². The summed E-state index contributed by atoms with van der Waals surface area (Å²) in [6.07, 6.45) is -0.804. The van der Waals surface area contributed by atoms with Crippen LogP contribution in [0.4, 0.5) is 10.5 Å². The quantitative estimate of drug-likeness (QED) is 0.546. The third-order valence-electron chi connectivity index (χ3n) is 6.14. The molecule has 3 aliphatic rings. The predicted octanol–water partition coefficient (Wildman–Crippen LogP) is 1.14. The van der Waals surface area contributed by atoms with Gasteiger partial charge in [-0.25, -0.2) is 9.69 Å². The first kappa shape index (κ1) is 21.2. The summed E-state index contributed by atoms with van der Waals surface area (Å²) >= 11 is 5.58. The van der Waals surface area contributed by atoms with Crippen LogP contribution in [0.5, 0.6) is 0 Å². The number of nitrogens with zero attached hydrogens (tertiary/aromatic N) is 2. The molecular formula is C21H23N3O6S. The number of hydrogen-bond acceptors (Lipinski definition) is 7. The van der Waals surface area contributed by atoms with Crippen molar-refractivity contribution in [1.82, 2.24) is 10.2 Å². The number of cyclic esters (lactones) is 1. The lowest BCUT2D eigenvalue weighted by molar-refractivity contribution is -0.155. The molecule has 9 nitrogen and oxygen atoms in total. The number of carbonyl (C=O) groups excluding carboxylic acids is 4. The number of ether oxygens (including phenoxy) is 2. The van der Waals surface area contributed by atoms with Gasteiger partial charge in [-0.2, -0.15) is 0 Å². The van der Waals surface area contributed by atoms with Crippen LogP contribution < -0.4 is 10.2 Å². The van der Waals surface area contributed by atoms with Gasteiger partial charge in [0.1, 0.15) is 24.0 Å². The van der Waals surface area contributed by atoms with Gasteiger partial charge in [-0.05, 0) is 32.4 Å². The van der Waals surface area contributed by atoms with Gasteiger partial charge >= 0.3 is 12.1 Å². The highest BCUT2D eigenvalue weighted by Crippen LogP contribution is 2.51. The van der Waals surface area contributed by atoms with Gasteiger partial charge in [-0.3, -0.25) is 14.4 Å². The molecule has 4 rings (SSSR count). The van der Waals surface area contributed by atoms with E-state index in [1.165, 1.54) is 4.90 Å². The number of rotatable bonds is 3. The first-order chi connectivity index (χ1) is 14.6. The van der Waals surface area contributed by atoms with Crippen molar-refractivity contribution in [3.8, 4) is 0 Å². The Hall–Kier alpha value is -3.01. The normalized spacial score (nSPS) is 28.6. The van der Waals surface area contributed by atoms with Gasteiger partial charge in [0.2, 0.25) is 5.91 Å². The Labute approximate surface area is 184 Å². The lowest BCUT2D eigenvalue weighted by Gasteiger charge is -2.32. The number of thiocarbonyl (C=S) groups is 1. The molecule has 0 aliphatic carbocycles. The van der Waals surface area contributed by atoms with Crippen molar-refractivity contribution < 1.29 is 28.7 Å². The molecule has 31 heavy (non-hydrogen) atoms. The summed E-state index contributed by atoms with van der Waals surface area (Å²) in [5.74, 6) is -3.14. The highest BCUT2D eigenvalue weighted by atomic mass is 32.1. The van der Waals surface area contributed by atoms with Gasteiger partial charge in [-0.15, -0.1) is 0 Å². The number of hydrogen-bond donors (Lipinski definition) is 1. The molecule has 0 saturated carbocycles. The minimum absolute atomic E-state index is 0.0223. The number of likely N-dealkylation sites (N-methyl/N-ethyl adjacent to an activating group) is 1. The molecule has 0 aromatic heterocycles. The van der Waals surface area contributed by atoms with Crippen LogP contribution in [-0.2, 0) is 29.3 Å². The molecule has 1 aromatic rings. The number of carbonyl (C=O) groups is 4. The van der Waals surface area contributed by atoms with Gasteiger partial charge in [0.05, 0.1) is 17.1 Å². The Bertz CT molecular complexity index is 1020. The molecular weight excluding hydrogens is 422 g/mol. The highest BCUT2D eigenvalue weighted by Gasteiger charge is 2.69. The zero-order valence-electron chi connectivity index (χ0n) is 17.6. The van der Waals surface area contributed by atoms with Crippen LogP contribution in [-0.4, -0.2) is 65.6 Å². The van der Waals surface area contributed by atoms with E-state index in [2.05, 4.69) is 5.32 Å². The predicted molar refractivity (Wildman–Crippen MR) is 113 cm³/mol. The maximum absolute atomic E-state index is 13.6. The van der Waals surface area contributed by atoms with E-state index in [4.69, 9.17) is 21.7 Å². The minimum Gasteiger partial charge on any atom is -0.466 e. The van der Waals surface area contributed by atoms with Crippen LogP contribution in [0.3, 0.4) is 0 Å². The van der Waals surface area contributed by atoms with Crippen molar-refractivity contribution in [3.63, 3.8) is 0 Å². The Morgan fingerprint density at radius 2 is 1.97 bits per heavy atom. The van der Waals surface area contributed by atoms with Crippen molar-refractivity contribution in [1.29, 1.82) is 0 Å². The number of nitrogens with one attached hydrogen (secondary N) is 1. The van der Waals surface area contributed by atoms with E-state index >= 15 is 0 Å². The van der Waals surface area contributed by atoms with Gasteiger partial charge < -0.3 is 19.7 Å². The summed E-state index contributed by atoms with van der Waals surface area (Å²) in [6, 6.07) is 5.73. The zero-order valence-corrected chi connectivity index (χ0v) is 18.4. The molecule has 3 atom stereocenters. The Morgan fingerprint density at radius 3 is 2.58 bits per heavy atom. The fraction of sp³-hybridized carbons (Fsp3) is 0.476. The number of esters is 1. The first-order valence-corrected chi connectivity index (χ1v) is 10.4. The molecule has 1 spiro atoms. The molecule has 1 N–H and O–H groups in total. The SMILES string of the molecule is CCOC(=O)[C@H]1[C@H](C(=O)N2C(=O)OCC2(C)C)NC(=S)[C@]12C(=O)N(C)c1ccccc12. The van der Waals surface area contributed by atoms with Crippen molar-refractivity contribution >= 4 is 46.8 Å². The van der Waals surface area contributed by atoms with E-state index in [0.29, 0.717) is 11.3 Å². The smallest absolute Gasteiger partial charge is 0.417 e. The second kappa shape index (κ2) is 7.01. The van der Waals surface area contributed by atoms with E-state index < -0.39 is 46.8 Å². The van der Waals surface area contributed by atoms with Crippen LogP contribution in [0.15, 0.2) is 24.3 Å². The zero-order chi connectivity index (χ0) is 22.7. The van der Waals surface area contributed by atoms with Crippen LogP contribution in [0, 0.1) is 5.92 Å². The maximum Gasteiger partial charge on any atom is 0.417 e. The van der Waals surface area contributed by atoms with Gasteiger partial charge in [0.25, 0.3) is 5.91 Å². The van der Waals surface area contributed by atoms with E-state index in [-0.39, 0.29) is 18.2 Å². The molecule has 2 saturated heterocycles. The molecule has 0 unspecified atom stereocenters. The Morgan fingerprint density at radius 1 is 1.29 bits per heavy atom. The van der Waals surface area contributed by atoms with Gasteiger partial charge in [0, 0.05) is 12.7 Å².